The van der Waals surface area contributed by atoms with E-state index in [1.807, 2.05) is 0 Å². The van der Waals surface area contributed by atoms with Gasteiger partial charge in [-0.25, -0.2) is 0 Å². The number of rotatable bonds is 4. The fourth-order valence-electron chi connectivity index (χ4n) is 2.21. The number of nitrogens with one attached hydrogen (secondary N) is 1. The first-order valence-corrected chi connectivity index (χ1v) is 7.09. The molecule has 94 valence electrons. The normalized spacial score (nSPS) is 26.1. The Kier molecular flexibility index (Phi) is 4.60. The first-order valence-electron chi connectivity index (χ1n) is 6.29. The van der Waals surface area contributed by atoms with Crippen LogP contribution in [-0.4, -0.2) is 18.8 Å². The predicted molar refractivity (Wildman–Crippen MR) is 74.1 cm³/mol. The van der Waals surface area contributed by atoms with E-state index in [0.29, 0.717) is 18.2 Å². The van der Waals surface area contributed by atoms with Crippen LogP contribution in [0.2, 0.25) is 0 Å². The molecule has 0 aliphatic carbocycles. The molecule has 0 saturated carbocycles. The molecule has 2 nitrogen and oxygen atoms in total. The first kappa shape index (κ1) is 13.1. The van der Waals surface area contributed by atoms with E-state index in [9.17, 15) is 0 Å². The van der Waals surface area contributed by atoms with Gasteiger partial charge in [-0.2, -0.15) is 0 Å². The molecular formula is C14H20BrNO. The predicted octanol–water partition coefficient (Wildman–Crippen LogP) is 3.67. The second kappa shape index (κ2) is 5.98. The van der Waals surface area contributed by atoms with Gasteiger partial charge in [-0.05, 0) is 44.4 Å². The van der Waals surface area contributed by atoms with Gasteiger partial charge in [0.25, 0.3) is 0 Å². The minimum absolute atomic E-state index is 0.377. The zero-order valence-corrected chi connectivity index (χ0v) is 12.0. The molecule has 0 bridgehead atoms. The lowest BCUT2D eigenvalue weighted by Crippen LogP contribution is -2.29. The van der Waals surface area contributed by atoms with E-state index in [4.69, 9.17) is 4.74 Å². The molecule has 2 unspecified atom stereocenters. The molecular weight excluding hydrogens is 278 g/mol. The minimum Gasteiger partial charge on any atom is -0.374 e. The Morgan fingerprint density at radius 3 is 2.65 bits per heavy atom. The molecule has 0 radical (unpaired) electrons. The summed E-state index contributed by atoms with van der Waals surface area (Å²) in [4.78, 5) is 0. The third-order valence-electron chi connectivity index (χ3n) is 3.34. The van der Waals surface area contributed by atoms with Crippen LogP contribution in [0, 0.1) is 0 Å². The molecule has 1 aliphatic rings. The molecule has 2 rings (SSSR count). The van der Waals surface area contributed by atoms with Gasteiger partial charge in [-0.3, -0.25) is 0 Å². The van der Waals surface area contributed by atoms with Crippen molar-refractivity contribution in [2.75, 3.05) is 6.54 Å². The average molecular weight is 298 g/mol. The smallest absolute Gasteiger partial charge is 0.0704 e. The van der Waals surface area contributed by atoms with Gasteiger partial charge in [0.2, 0.25) is 0 Å². The van der Waals surface area contributed by atoms with Crippen LogP contribution in [0.25, 0.3) is 0 Å². The Labute approximate surface area is 112 Å². The summed E-state index contributed by atoms with van der Waals surface area (Å²) in [6.45, 7) is 5.29. The standard InChI is InChI=1S/C14H20BrNO/c1-10-3-8-14(17-10)9-16-11(2)12-4-6-13(15)7-5-12/h4-7,10-11,14,16H,3,8-9H2,1-2H3/t10?,11-,14?/m0/s1. The Balaban J connectivity index is 1.81. The SMILES string of the molecule is CC1CCC(CN[C@@H](C)c2ccc(Br)cc2)O1. The maximum Gasteiger partial charge on any atom is 0.0704 e. The van der Waals surface area contributed by atoms with Crippen LogP contribution < -0.4 is 5.32 Å². The molecule has 1 aromatic carbocycles. The number of benzene rings is 1. The monoisotopic (exact) mass is 297 g/mol. The molecule has 17 heavy (non-hydrogen) atoms. The van der Waals surface area contributed by atoms with E-state index in [0.717, 1.165) is 11.0 Å². The quantitative estimate of drug-likeness (QED) is 0.916. The Hall–Kier alpha value is -0.380. The number of hydrogen-bond donors (Lipinski definition) is 1. The number of halogens is 1. The summed E-state index contributed by atoms with van der Waals surface area (Å²) in [5.41, 5.74) is 1.32. The summed E-state index contributed by atoms with van der Waals surface area (Å²) in [7, 11) is 0. The van der Waals surface area contributed by atoms with Crippen molar-refractivity contribution in [1.29, 1.82) is 0 Å². The maximum atomic E-state index is 5.80. The molecule has 1 N–H and O–H groups in total. The fraction of sp³-hybridized carbons (Fsp3) is 0.571. The van der Waals surface area contributed by atoms with Crippen LogP contribution in [0.3, 0.4) is 0 Å². The van der Waals surface area contributed by atoms with Gasteiger partial charge in [-0.15, -0.1) is 0 Å². The lowest BCUT2D eigenvalue weighted by atomic mass is 10.1. The molecule has 3 atom stereocenters. The van der Waals surface area contributed by atoms with Gasteiger partial charge < -0.3 is 10.1 Å². The van der Waals surface area contributed by atoms with Gasteiger partial charge in [0, 0.05) is 17.1 Å². The molecule has 0 spiro atoms. The van der Waals surface area contributed by atoms with E-state index in [1.54, 1.807) is 0 Å². The first-order chi connectivity index (χ1) is 8.15. The molecule has 0 aromatic heterocycles. The average Bonchev–Trinajstić information content (AvgIpc) is 2.73. The molecule has 1 heterocycles. The highest BCUT2D eigenvalue weighted by atomic mass is 79.9. The van der Waals surface area contributed by atoms with E-state index in [-0.39, 0.29) is 0 Å². The maximum absolute atomic E-state index is 5.80. The summed E-state index contributed by atoms with van der Waals surface area (Å²) in [5, 5.41) is 3.54. The third kappa shape index (κ3) is 3.80. The minimum atomic E-state index is 0.377. The van der Waals surface area contributed by atoms with Crippen LogP contribution in [0.4, 0.5) is 0 Å². The van der Waals surface area contributed by atoms with Crippen LogP contribution in [-0.2, 0) is 4.74 Å². The van der Waals surface area contributed by atoms with Crippen molar-refractivity contribution in [1.82, 2.24) is 5.32 Å². The van der Waals surface area contributed by atoms with Crippen LogP contribution in [0.5, 0.6) is 0 Å². The second-order valence-corrected chi connectivity index (χ2v) is 5.74. The zero-order chi connectivity index (χ0) is 12.3. The molecule has 1 aromatic rings. The van der Waals surface area contributed by atoms with Gasteiger partial charge in [0.05, 0.1) is 12.2 Å². The van der Waals surface area contributed by atoms with E-state index < -0.39 is 0 Å². The van der Waals surface area contributed by atoms with Crippen molar-refractivity contribution in [3.63, 3.8) is 0 Å². The van der Waals surface area contributed by atoms with Crippen molar-refractivity contribution in [3.8, 4) is 0 Å². The number of hydrogen-bond acceptors (Lipinski definition) is 2. The van der Waals surface area contributed by atoms with E-state index in [2.05, 4.69) is 59.4 Å². The summed E-state index contributed by atoms with van der Waals surface area (Å²) in [6.07, 6.45) is 3.20. The summed E-state index contributed by atoms with van der Waals surface area (Å²) in [5.74, 6) is 0. The molecule has 3 heteroatoms. The molecule has 1 fully saturated rings. The molecule has 0 amide bonds. The Morgan fingerprint density at radius 1 is 1.35 bits per heavy atom. The van der Waals surface area contributed by atoms with E-state index >= 15 is 0 Å². The van der Waals surface area contributed by atoms with Crippen LogP contribution in [0.1, 0.15) is 38.3 Å². The van der Waals surface area contributed by atoms with Crippen molar-refractivity contribution >= 4 is 15.9 Å². The lowest BCUT2D eigenvalue weighted by molar-refractivity contribution is 0.0546. The van der Waals surface area contributed by atoms with Gasteiger partial charge in [-0.1, -0.05) is 28.1 Å². The van der Waals surface area contributed by atoms with Crippen molar-refractivity contribution in [2.24, 2.45) is 0 Å². The summed E-state index contributed by atoms with van der Waals surface area (Å²) < 4.78 is 6.92. The third-order valence-corrected chi connectivity index (χ3v) is 3.87. The summed E-state index contributed by atoms with van der Waals surface area (Å²) in [6, 6.07) is 8.85. The van der Waals surface area contributed by atoms with Gasteiger partial charge >= 0.3 is 0 Å². The Bertz CT molecular complexity index is 352. The summed E-state index contributed by atoms with van der Waals surface area (Å²) >= 11 is 3.45. The van der Waals surface area contributed by atoms with Crippen LogP contribution >= 0.6 is 15.9 Å². The second-order valence-electron chi connectivity index (χ2n) is 4.83. The molecule has 1 aliphatic heterocycles. The number of ether oxygens (including phenoxy) is 1. The van der Waals surface area contributed by atoms with Crippen LogP contribution in [0.15, 0.2) is 28.7 Å². The molecule has 1 saturated heterocycles. The fourth-order valence-corrected chi connectivity index (χ4v) is 2.48. The van der Waals surface area contributed by atoms with Gasteiger partial charge in [0.1, 0.15) is 0 Å². The highest BCUT2D eigenvalue weighted by Gasteiger charge is 2.21. The zero-order valence-electron chi connectivity index (χ0n) is 10.4. The highest BCUT2D eigenvalue weighted by molar-refractivity contribution is 9.10. The Morgan fingerprint density at radius 2 is 2.06 bits per heavy atom. The largest absolute Gasteiger partial charge is 0.374 e. The van der Waals surface area contributed by atoms with Crippen molar-refractivity contribution in [2.45, 2.75) is 44.9 Å². The topological polar surface area (TPSA) is 21.3 Å². The van der Waals surface area contributed by atoms with Crippen molar-refractivity contribution in [3.05, 3.63) is 34.3 Å². The van der Waals surface area contributed by atoms with Gasteiger partial charge in [0.15, 0.2) is 0 Å². The lowest BCUT2D eigenvalue weighted by Gasteiger charge is -2.18. The van der Waals surface area contributed by atoms with E-state index in [1.165, 1.54) is 18.4 Å². The van der Waals surface area contributed by atoms with Crippen molar-refractivity contribution < 1.29 is 4.74 Å². The highest BCUT2D eigenvalue weighted by Crippen LogP contribution is 2.20.